The lowest BCUT2D eigenvalue weighted by Crippen LogP contribution is -1.84. The van der Waals surface area contributed by atoms with E-state index >= 15 is 0 Å². The molecule has 0 spiro atoms. The normalized spacial score (nSPS) is 12.7. The van der Waals surface area contributed by atoms with Crippen LogP contribution in [0.15, 0.2) is 36.0 Å². The molecule has 0 heterocycles. The van der Waals surface area contributed by atoms with Gasteiger partial charge in [-0.1, -0.05) is 87.7 Å². The molecule has 0 amide bonds. The first-order valence-corrected chi connectivity index (χ1v) is 9.65. The van der Waals surface area contributed by atoms with E-state index in [4.69, 9.17) is 0 Å². The van der Waals surface area contributed by atoms with Crippen LogP contribution >= 0.6 is 0 Å². The van der Waals surface area contributed by atoms with Gasteiger partial charge in [-0.05, 0) is 46.0 Å². The van der Waals surface area contributed by atoms with Gasteiger partial charge in [0, 0.05) is 0 Å². The summed E-state index contributed by atoms with van der Waals surface area (Å²) in [5, 5.41) is 0. The SMILES string of the molecule is C=CCC(=CC)CCC=C(C)CCCCCCCCCCC. The molecular weight excluding hydrogens is 264 g/mol. The molecule has 0 aromatic carbocycles. The molecule has 0 heteroatoms. The van der Waals surface area contributed by atoms with Crippen molar-refractivity contribution in [3.8, 4) is 0 Å². The topological polar surface area (TPSA) is 0 Å². The Hall–Kier alpha value is -0.780. The van der Waals surface area contributed by atoms with Crippen LogP contribution in [0, 0.1) is 0 Å². The summed E-state index contributed by atoms with van der Waals surface area (Å²) in [5.74, 6) is 0. The van der Waals surface area contributed by atoms with Gasteiger partial charge in [-0.3, -0.25) is 0 Å². The molecule has 0 aromatic rings. The third-order valence-electron chi connectivity index (χ3n) is 4.45. The number of allylic oxidation sites excluding steroid dienone is 5. The highest BCUT2D eigenvalue weighted by Gasteiger charge is 1.95. The van der Waals surface area contributed by atoms with Crippen LogP contribution in [0.5, 0.6) is 0 Å². The molecule has 0 radical (unpaired) electrons. The van der Waals surface area contributed by atoms with Crippen molar-refractivity contribution >= 4 is 0 Å². The summed E-state index contributed by atoms with van der Waals surface area (Å²) < 4.78 is 0. The molecule has 0 fully saturated rings. The predicted octanol–water partition coefficient (Wildman–Crippen LogP) is 8.16. The van der Waals surface area contributed by atoms with Crippen LogP contribution < -0.4 is 0 Å². The molecule has 0 bridgehead atoms. The summed E-state index contributed by atoms with van der Waals surface area (Å²) in [4.78, 5) is 0. The molecule has 22 heavy (non-hydrogen) atoms. The monoisotopic (exact) mass is 304 g/mol. The number of unbranched alkanes of at least 4 members (excludes halogenated alkanes) is 8. The van der Waals surface area contributed by atoms with Crippen molar-refractivity contribution < 1.29 is 0 Å². The summed E-state index contributed by atoms with van der Waals surface area (Å²) in [7, 11) is 0. The first-order valence-electron chi connectivity index (χ1n) is 9.65. The van der Waals surface area contributed by atoms with Crippen molar-refractivity contribution in [3.63, 3.8) is 0 Å². The summed E-state index contributed by atoms with van der Waals surface area (Å²) in [5.41, 5.74) is 3.10. The van der Waals surface area contributed by atoms with Crippen LogP contribution in [-0.4, -0.2) is 0 Å². The second-order valence-electron chi connectivity index (χ2n) is 6.61. The molecule has 0 N–H and O–H groups in total. The molecule has 0 saturated carbocycles. The van der Waals surface area contributed by atoms with E-state index in [0.717, 1.165) is 6.42 Å². The molecule has 0 saturated heterocycles. The molecular formula is C22H40. The smallest absolute Gasteiger partial charge is 0.0142 e. The van der Waals surface area contributed by atoms with Gasteiger partial charge in [0.25, 0.3) is 0 Å². The Kier molecular flexibility index (Phi) is 16.0. The van der Waals surface area contributed by atoms with E-state index in [-0.39, 0.29) is 0 Å². The summed E-state index contributed by atoms with van der Waals surface area (Å²) in [6.45, 7) is 10.5. The standard InChI is InChI=1S/C22H40/c1-5-8-9-10-11-12-13-14-15-18-21(4)19-16-20-22(7-3)17-6-2/h6-7,19H,2,5,8-18,20H2,1,3-4H3. The Labute approximate surface area is 140 Å². The minimum Gasteiger partial charge on any atom is -0.103 e. The number of hydrogen-bond acceptors (Lipinski definition) is 0. The lowest BCUT2D eigenvalue weighted by Gasteiger charge is -2.04. The predicted molar refractivity (Wildman–Crippen MR) is 103 cm³/mol. The second kappa shape index (κ2) is 16.6. The average molecular weight is 305 g/mol. The molecule has 0 aliphatic carbocycles. The van der Waals surface area contributed by atoms with Gasteiger partial charge >= 0.3 is 0 Å². The van der Waals surface area contributed by atoms with Gasteiger partial charge in [-0.2, -0.15) is 0 Å². The Balaban J connectivity index is 3.50. The summed E-state index contributed by atoms with van der Waals surface area (Å²) in [6.07, 6.45) is 24.2. The second-order valence-corrected chi connectivity index (χ2v) is 6.61. The van der Waals surface area contributed by atoms with Crippen molar-refractivity contribution in [1.29, 1.82) is 0 Å². The van der Waals surface area contributed by atoms with Gasteiger partial charge in [0.1, 0.15) is 0 Å². The fourth-order valence-corrected chi connectivity index (χ4v) is 2.87. The Morgan fingerprint density at radius 2 is 1.45 bits per heavy atom. The van der Waals surface area contributed by atoms with Crippen LogP contribution in [0.1, 0.15) is 104 Å². The summed E-state index contributed by atoms with van der Waals surface area (Å²) in [6, 6.07) is 0. The molecule has 128 valence electrons. The first kappa shape index (κ1) is 21.2. The largest absolute Gasteiger partial charge is 0.103 e. The molecule has 0 rings (SSSR count). The van der Waals surface area contributed by atoms with Gasteiger partial charge in [0.05, 0.1) is 0 Å². The maximum Gasteiger partial charge on any atom is -0.0142 e. The molecule has 0 aliphatic heterocycles. The fourth-order valence-electron chi connectivity index (χ4n) is 2.87. The third-order valence-corrected chi connectivity index (χ3v) is 4.45. The zero-order valence-electron chi connectivity index (χ0n) is 15.6. The molecule has 0 aliphatic rings. The average Bonchev–Trinajstić information content (AvgIpc) is 2.52. The van der Waals surface area contributed by atoms with E-state index in [9.17, 15) is 0 Å². The van der Waals surface area contributed by atoms with E-state index in [2.05, 4.69) is 39.5 Å². The van der Waals surface area contributed by atoms with E-state index in [1.165, 1.54) is 82.6 Å². The first-order chi connectivity index (χ1) is 10.7. The van der Waals surface area contributed by atoms with Crippen molar-refractivity contribution in [3.05, 3.63) is 36.0 Å². The highest BCUT2D eigenvalue weighted by atomic mass is 14.0. The zero-order chi connectivity index (χ0) is 16.5. The van der Waals surface area contributed by atoms with E-state index in [1.807, 2.05) is 6.08 Å². The zero-order valence-corrected chi connectivity index (χ0v) is 15.6. The van der Waals surface area contributed by atoms with Crippen LogP contribution in [0.4, 0.5) is 0 Å². The summed E-state index contributed by atoms with van der Waals surface area (Å²) >= 11 is 0. The molecule has 0 atom stereocenters. The van der Waals surface area contributed by atoms with Crippen LogP contribution in [0.2, 0.25) is 0 Å². The Morgan fingerprint density at radius 1 is 0.864 bits per heavy atom. The minimum atomic E-state index is 1.04. The van der Waals surface area contributed by atoms with Crippen LogP contribution in [0.25, 0.3) is 0 Å². The van der Waals surface area contributed by atoms with Gasteiger partial charge in [0.2, 0.25) is 0 Å². The van der Waals surface area contributed by atoms with Gasteiger partial charge in [0.15, 0.2) is 0 Å². The van der Waals surface area contributed by atoms with Crippen molar-refractivity contribution in [2.24, 2.45) is 0 Å². The number of hydrogen-bond donors (Lipinski definition) is 0. The Bertz CT molecular complexity index is 306. The van der Waals surface area contributed by atoms with Crippen molar-refractivity contribution in [2.75, 3.05) is 0 Å². The highest BCUT2D eigenvalue weighted by molar-refractivity contribution is 5.07. The van der Waals surface area contributed by atoms with E-state index in [0.29, 0.717) is 0 Å². The van der Waals surface area contributed by atoms with Crippen LogP contribution in [0.3, 0.4) is 0 Å². The maximum atomic E-state index is 3.82. The van der Waals surface area contributed by atoms with Gasteiger partial charge in [-0.15, -0.1) is 6.58 Å². The van der Waals surface area contributed by atoms with Gasteiger partial charge < -0.3 is 0 Å². The van der Waals surface area contributed by atoms with Gasteiger partial charge in [-0.25, -0.2) is 0 Å². The van der Waals surface area contributed by atoms with Crippen molar-refractivity contribution in [2.45, 2.75) is 104 Å². The quantitative estimate of drug-likeness (QED) is 0.211. The van der Waals surface area contributed by atoms with Crippen LogP contribution in [-0.2, 0) is 0 Å². The lowest BCUT2D eigenvalue weighted by atomic mass is 10.0. The molecule has 0 nitrogen and oxygen atoms in total. The Morgan fingerprint density at radius 3 is 2.00 bits per heavy atom. The number of rotatable bonds is 15. The van der Waals surface area contributed by atoms with E-state index in [1.54, 1.807) is 5.57 Å². The van der Waals surface area contributed by atoms with Crippen molar-refractivity contribution in [1.82, 2.24) is 0 Å². The molecule has 0 aromatic heterocycles. The molecule has 0 unspecified atom stereocenters. The third kappa shape index (κ3) is 14.2. The lowest BCUT2D eigenvalue weighted by molar-refractivity contribution is 0.564. The maximum absolute atomic E-state index is 3.82. The fraction of sp³-hybridized carbons (Fsp3) is 0.727. The minimum absolute atomic E-state index is 1.04. The van der Waals surface area contributed by atoms with E-state index < -0.39 is 0 Å². The highest BCUT2D eigenvalue weighted by Crippen LogP contribution is 2.15.